The second-order valence-corrected chi connectivity index (χ2v) is 9.19. The highest BCUT2D eigenvalue weighted by molar-refractivity contribution is 8.13. The van der Waals surface area contributed by atoms with Crippen LogP contribution in [0.25, 0.3) is 21.5 Å². The molecule has 7 heteroatoms. The molecule has 4 rings (SSSR count). The van der Waals surface area contributed by atoms with Gasteiger partial charge in [-0.05, 0) is 46.5 Å². The minimum atomic E-state index is 0. The van der Waals surface area contributed by atoms with Gasteiger partial charge in [0, 0.05) is 18.6 Å². The van der Waals surface area contributed by atoms with Crippen molar-refractivity contribution in [3.63, 3.8) is 0 Å². The quantitative estimate of drug-likeness (QED) is 0.117. The highest BCUT2D eigenvalue weighted by Gasteiger charge is 2.00. The first kappa shape index (κ1) is 32.4. The molecule has 0 saturated carbocycles. The molecule has 0 saturated heterocycles. The van der Waals surface area contributed by atoms with Gasteiger partial charge in [0.1, 0.15) is 0 Å². The van der Waals surface area contributed by atoms with Gasteiger partial charge in [-0.25, -0.2) is 0 Å². The van der Waals surface area contributed by atoms with E-state index < -0.39 is 0 Å². The van der Waals surface area contributed by atoms with Crippen LogP contribution in [0.4, 0.5) is 0 Å². The van der Waals surface area contributed by atoms with Crippen molar-refractivity contribution in [2.24, 2.45) is 5.73 Å². The van der Waals surface area contributed by atoms with E-state index in [2.05, 4.69) is 78.9 Å². The highest BCUT2D eigenvalue weighted by Crippen LogP contribution is 2.23. The second-order valence-electron chi connectivity index (χ2n) is 7.09. The van der Waals surface area contributed by atoms with Gasteiger partial charge in [-0.3, -0.25) is 5.41 Å². The van der Waals surface area contributed by atoms with E-state index in [-0.39, 0.29) is 12.4 Å². The molecule has 3 N–H and O–H groups in total. The summed E-state index contributed by atoms with van der Waals surface area (Å²) >= 11 is 11.7. The number of hydrogen-bond donors (Lipinski definition) is 2. The van der Waals surface area contributed by atoms with E-state index >= 15 is 0 Å². The lowest BCUT2D eigenvalue weighted by atomic mass is 10.1. The van der Waals surface area contributed by atoms with E-state index in [1.54, 1.807) is 24.8 Å². The summed E-state index contributed by atoms with van der Waals surface area (Å²) in [5.74, 6) is 1.47. The number of fused-ring (bicyclic) bond motifs is 2. The van der Waals surface area contributed by atoms with E-state index in [1.807, 2.05) is 25.1 Å². The Balaban J connectivity index is 0.000000518. The van der Waals surface area contributed by atoms with Crippen LogP contribution in [-0.4, -0.2) is 10.0 Å². The zero-order valence-corrected chi connectivity index (χ0v) is 23.3. The van der Waals surface area contributed by atoms with E-state index in [0.29, 0.717) is 15.9 Å². The van der Waals surface area contributed by atoms with Crippen molar-refractivity contribution in [3.8, 4) is 6.07 Å². The van der Waals surface area contributed by atoms with Crippen molar-refractivity contribution >= 4 is 79.6 Å². The van der Waals surface area contributed by atoms with Gasteiger partial charge in [-0.15, -0.1) is 35.8 Å². The van der Waals surface area contributed by atoms with Gasteiger partial charge >= 0.3 is 0 Å². The molecule has 0 aliphatic rings. The van der Waals surface area contributed by atoms with E-state index in [4.69, 9.17) is 28.0 Å². The molecule has 3 nitrogen and oxygen atoms in total. The van der Waals surface area contributed by atoms with Crippen LogP contribution in [0.2, 0.25) is 0 Å². The van der Waals surface area contributed by atoms with Crippen molar-refractivity contribution in [3.05, 3.63) is 96.1 Å². The third-order valence-electron chi connectivity index (χ3n) is 4.35. The average Bonchev–Trinajstić information content (AvgIpc) is 2.83. The summed E-state index contributed by atoms with van der Waals surface area (Å²) in [7, 11) is 0. The first-order chi connectivity index (χ1) is 16.3. The molecule has 0 atom stereocenters. The number of rotatable bonds is 3. The van der Waals surface area contributed by atoms with Crippen LogP contribution in [0.5, 0.6) is 0 Å². The maximum atomic E-state index is 7.41. The van der Waals surface area contributed by atoms with Gasteiger partial charge in [0.2, 0.25) is 0 Å². The number of nitrogens with zero attached hydrogens (tertiary/aromatic N) is 1. The number of benzene rings is 4. The van der Waals surface area contributed by atoms with E-state index in [0.717, 1.165) is 5.75 Å². The van der Waals surface area contributed by atoms with Gasteiger partial charge in [0.25, 0.3) is 0 Å². The van der Waals surface area contributed by atoms with Crippen LogP contribution in [-0.2, 0) is 11.6 Å². The number of alkyl halides is 1. The van der Waals surface area contributed by atoms with Crippen LogP contribution in [0.3, 0.4) is 0 Å². The maximum absolute atomic E-state index is 7.41. The molecule has 0 aromatic heterocycles. The van der Waals surface area contributed by atoms with Gasteiger partial charge in [0.05, 0.1) is 16.1 Å². The molecule has 4 aromatic rings. The summed E-state index contributed by atoms with van der Waals surface area (Å²) in [5.41, 5.74) is 7.36. The van der Waals surface area contributed by atoms with Gasteiger partial charge in [-0.2, -0.15) is 5.26 Å². The lowest BCUT2D eigenvalue weighted by Crippen LogP contribution is -1.98. The summed E-state index contributed by atoms with van der Waals surface area (Å²) < 4.78 is 0. The van der Waals surface area contributed by atoms with Crippen LogP contribution < -0.4 is 5.73 Å². The molecule has 0 amide bonds. The molecule has 0 radical (unpaired) electrons. The zero-order valence-electron chi connectivity index (χ0n) is 20.1. The molecule has 0 aliphatic carbocycles. The average molecular weight is 545 g/mol. The molecule has 0 heterocycles. The highest BCUT2D eigenvalue weighted by atomic mass is 35.5. The summed E-state index contributed by atoms with van der Waals surface area (Å²) in [6, 6.07) is 31.0. The van der Waals surface area contributed by atoms with E-state index in [9.17, 15) is 0 Å². The summed E-state index contributed by atoms with van der Waals surface area (Å²) in [6.07, 6.45) is 0. The number of halogens is 2. The van der Waals surface area contributed by atoms with Crippen LogP contribution in [0.15, 0.2) is 84.9 Å². The summed E-state index contributed by atoms with van der Waals surface area (Å²) in [6.45, 7) is 4.94. The van der Waals surface area contributed by atoms with Crippen molar-refractivity contribution in [1.82, 2.24) is 0 Å². The largest absolute Gasteiger partial charge is 0.394 e. The number of nitrogens with one attached hydrogen (secondary N) is 1. The first-order valence-electron chi connectivity index (χ1n) is 10.6. The smallest absolute Gasteiger partial charge is 0.0695 e. The number of thiocarbonyl (C=S) groups is 1. The van der Waals surface area contributed by atoms with Crippen molar-refractivity contribution in [2.75, 3.05) is 0 Å². The monoisotopic (exact) mass is 543 g/mol. The molecule has 0 bridgehead atoms. The van der Waals surface area contributed by atoms with Crippen LogP contribution in [0.1, 0.15) is 31.9 Å². The van der Waals surface area contributed by atoms with Gasteiger partial charge < -0.3 is 5.73 Å². The topological polar surface area (TPSA) is 73.7 Å². The van der Waals surface area contributed by atoms with Gasteiger partial charge in [0.15, 0.2) is 0 Å². The minimum absolute atomic E-state index is 0. The maximum Gasteiger partial charge on any atom is 0.0695 e. The molecule has 4 aromatic carbocycles. The number of nitrogens with two attached hydrogens (primary N) is 1. The fraction of sp³-hybridized carbons (Fsp3) is 0.179. The number of thioether (sulfide) groups is 1. The Kier molecular flexibility index (Phi) is 17.3. The fourth-order valence-corrected chi connectivity index (χ4v) is 3.87. The lowest BCUT2D eigenvalue weighted by molar-refractivity contribution is 1.45. The lowest BCUT2D eigenvalue weighted by Gasteiger charge is -2.05. The van der Waals surface area contributed by atoms with Crippen molar-refractivity contribution in [1.29, 1.82) is 10.7 Å². The molecule has 0 spiro atoms. The first-order valence-corrected chi connectivity index (χ1v) is 12.5. The summed E-state index contributed by atoms with van der Waals surface area (Å²) in [4.78, 5) is 0.500. The second kappa shape index (κ2) is 18.7. The molecule has 0 fully saturated rings. The predicted octanol–water partition coefficient (Wildman–Crippen LogP) is 8.89. The standard InChI is InChI=1S/C13H13NS.C11H9Cl.C2H5NS.C2H3N.ClH/c1-10(14)15-9-12-7-4-6-11-5-2-3-8-13(11)12;12-8-10-6-3-5-9-4-1-2-7-11(9)10;1-2(3)4;1-2-3;/h2-8,14H,9H2,1H3;1-7H,8H2;1H3,(H2,3,4);1H3;1H. The molecule has 35 heavy (non-hydrogen) atoms. The number of hydrogen-bond acceptors (Lipinski definition) is 4. The van der Waals surface area contributed by atoms with Gasteiger partial charge in [-0.1, -0.05) is 97.1 Å². The minimum Gasteiger partial charge on any atom is -0.394 e. The predicted molar refractivity (Wildman–Crippen MR) is 163 cm³/mol. The normalized spacial score (nSPS) is 9.00. The molecular weight excluding hydrogens is 513 g/mol. The Bertz CT molecular complexity index is 1240. The van der Waals surface area contributed by atoms with E-state index in [1.165, 1.54) is 39.6 Å². The van der Waals surface area contributed by atoms with Crippen molar-refractivity contribution in [2.45, 2.75) is 32.4 Å². The molecule has 0 aliphatic heterocycles. The third kappa shape index (κ3) is 12.6. The Hall–Kier alpha value is -2.62. The molecular formula is C28H31Cl2N3S2. The Labute approximate surface area is 229 Å². The zero-order chi connectivity index (χ0) is 25.3. The Morgan fingerprint density at radius 2 is 1.26 bits per heavy atom. The SMILES string of the molecule is CC#N.CC(=N)SCc1cccc2ccccc12.CC(N)=S.Cl.ClCc1cccc2ccccc12. The Morgan fingerprint density at radius 1 is 0.886 bits per heavy atom. The third-order valence-corrected chi connectivity index (χ3v) is 5.52. The van der Waals surface area contributed by atoms with Crippen LogP contribution >= 0.6 is 48.0 Å². The summed E-state index contributed by atoms with van der Waals surface area (Å²) in [5, 5.41) is 20.5. The van der Waals surface area contributed by atoms with Crippen molar-refractivity contribution < 1.29 is 0 Å². The Morgan fingerprint density at radius 3 is 1.69 bits per heavy atom. The molecule has 0 unspecified atom stereocenters. The van der Waals surface area contributed by atoms with Crippen LogP contribution in [0, 0.1) is 16.7 Å². The number of nitriles is 1. The molecule has 184 valence electrons. The fourth-order valence-electron chi connectivity index (χ4n) is 3.01.